The van der Waals surface area contributed by atoms with E-state index in [2.05, 4.69) is 0 Å². The molecule has 0 nitrogen and oxygen atoms in total. The molecule has 0 unspecified atom stereocenters. The van der Waals surface area contributed by atoms with Gasteiger partial charge in [0.05, 0.1) is 10.6 Å². The Kier molecular flexibility index (Phi) is 3.12. The maximum atomic E-state index is 12.3. The van der Waals surface area contributed by atoms with Gasteiger partial charge in [-0.05, 0) is 47.2 Å². The van der Waals surface area contributed by atoms with Crippen LogP contribution in [0, 0.1) is 10.5 Å². The van der Waals surface area contributed by atoms with Crippen molar-refractivity contribution in [3.05, 3.63) is 31.9 Å². The molecule has 1 aromatic carbocycles. The Hall–Kier alpha value is 0.0300. The van der Waals surface area contributed by atoms with E-state index in [1.54, 1.807) is 35.6 Å². The number of halogens is 5. The van der Waals surface area contributed by atoms with Crippen LogP contribution in [-0.2, 0) is 6.18 Å². The average Bonchev–Trinajstić information content (AvgIpc) is 1.94. The van der Waals surface area contributed by atoms with Crippen LogP contribution in [0.4, 0.5) is 13.2 Å². The number of rotatable bonds is 0. The summed E-state index contributed by atoms with van der Waals surface area (Å²) < 4.78 is 37.4. The quantitative estimate of drug-likeness (QED) is 0.626. The summed E-state index contributed by atoms with van der Waals surface area (Å²) in [7, 11) is 0. The zero-order chi connectivity index (χ0) is 10.2. The van der Waals surface area contributed by atoms with Gasteiger partial charge in [-0.25, -0.2) is 0 Å². The smallest absolute Gasteiger partial charge is 0.166 e. The lowest BCUT2D eigenvalue weighted by atomic mass is 10.1. The van der Waals surface area contributed by atoms with Gasteiger partial charge in [0.15, 0.2) is 0 Å². The molecule has 0 aliphatic carbocycles. The first-order chi connectivity index (χ1) is 5.82. The van der Waals surface area contributed by atoms with Gasteiger partial charge in [0.25, 0.3) is 0 Å². The fourth-order valence-corrected chi connectivity index (χ4v) is 1.93. The van der Waals surface area contributed by atoms with Gasteiger partial charge in [-0.1, -0.05) is 11.6 Å². The fourth-order valence-electron chi connectivity index (χ4n) is 0.931. The van der Waals surface area contributed by atoms with Gasteiger partial charge in [0.2, 0.25) is 0 Å². The number of hydrogen-bond donors (Lipinski definition) is 0. The monoisotopic (exact) mass is 320 g/mol. The number of hydrogen-bond acceptors (Lipinski definition) is 0. The molecule has 0 saturated carbocycles. The molecular weight excluding hydrogens is 315 g/mol. The Morgan fingerprint density at radius 3 is 2.31 bits per heavy atom. The highest BCUT2D eigenvalue weighted by atomic mass is 127. The van der Waals surface area contributed by atoms with Gasteiger partial charge in [-0.3, -0.25) is 0 Å². The van der Waals surface area contributed by atoms with Gasteiger partial charge in [-0.2, -0.15) is 13.2 Å². The first-order valence-electron chi connectivity index (χ1n) is 3.35. The van der Waals surface area contributed by atoms with E-state index < -0.39 is 11.7 Å². The maximum Gasteiger partial charge on any atom is 0.417 e. The third kappa shape index (κ3) is 2.49. The van der Waals surface area contributed by atoms with Crippen molar-refractivity contribution < 1.29 is 13.2 Å². The summed E-state index contributed by atoms with van der Waals surface area (Å²) in [6, 6.07) is 2.66. The largest absolute Gasteiger partial charge is 0.417 e. The van der Waals surface area contributed by atoms with Crippen LogP contribution in [0.5, 0.6) is 0 Å². The molecule has 0 atom stereocenters. The molecule has 5 heteroatoms. The zero-order valence-corrected chi connectivity index (χ0v) is 9.46. The first kappa shape index (κ1) is 11.1. The van der Waals surface area contributed by atoms with Gasteiger partial charge in [-0.15, -0.1) is 0 Å². The molecule has 0 aliphatic rings. The minimum absolute atomic E-state index is 0.223. The summed E-state index contributed by atoms with van der Waals surface area (Å²) in [6.07, 6.45) is -4.37. The Bertz CT molecular complexity index is 333. The van der Waals surface area contributed by atoms with E-state index in [0.29, 0.717) is 9.13 Å². The van der Waals surface area contributed by atoms with E-state index in [1.165, 1.54) is 0 Å². The predicted octanol–water partition coefficient (Wildman–Crippen LogP) is 4.27. The van der Waals surface area contributed by atoms with Crippen molar-refractivity contribution in [2.24, 2.45) is 0 Å². The Morgan fingerprint density at radius 2 is 1.85 bits per heavy atom. The van der Waals surface area contributed by atoms with Crippen molar-refractivity contribution in [1.29, 1.82) is 0 Å². The van der Waals surface area contributed by atoms with Crippen LogP contribution in [0.15, 0.2) is 12.1 Å². The molecule has 0 N–H and O–H groups in total. The van der Waals surface area contributed by atoms with Gasteiger partial charge >= 0.3 is 6.18 Å². The molecular formula is C8H5ClF3I. The van der Waals surface area contributed by atoms with Gasteiger partial charge < -0.3 is 0 Å². The summed E-state index contributed by atoms with van der Waals surface area (Å²) in [5, 5.41) is -0.223. The summed E-state index contributed by atoms with van der Waals surface area (Å²) in [4.78, 5) is 0. The minimum Gasteiger partial charge on any atom is -0.166 e. The maximum absolute atomic E-state index is 12.3. The minimum atomic E-state index is -4.37. The summed E-state index contributed by atoms with van der Waals surface area (Å²) in [5.74, 6) is 0. The van der Waals surface area contributed by atoms with E-state index in [9.17, 15) is 13.2 Å². The Morgan fingerprint density at radius 1 is 1.31 bits per heavy atom. The molecule has 0 bridgehead atoms. The third-order valence-electron chi connectivity index (χ3n) is 1.48. The molecule has 1 aromatic rings. The summed E-state index contributed by atoms with van der Waals surface area (Å²) in [5.41, 5.74) is -0.209. The molecule has 0 amide bonds. The predicted molar refractivity (Wildman–Crippen MR) is 53.9 cm³/mol. The van der Waals surface area contributed by atoms with Crippen LogP contribution in [0.2, 0.25) is 5.02 Å². The highest BCUT2D eigenvalue weighted by Crippen LogP contribution is 2.37. The van der Waals surface area contributed by atoms with Crippen LogP contribution in [-0.4, -0.2) is 0 Å². The third-order valence-corrected chi connectivity index (χ3v) is 3.05. The number of alkyl halides is 3. The van der Waals surface area contributed by atoms with Crippen LogP contribution in [0.25, 0.3) is 0 Å². The number of benzene rings is 1. The standard InChI is InChI=1S/C8H5ClF3I/c1-4-2-5(8(10,11)12)7(9)6(13)3-4/h2-3H,1H3. The topological polar surface area (TPSA) is 0 Å². The van der Waals surface area contributed by atoms with Crippen molar-refractivity contribution >= 4 is 34.2 Å². The Balaban J connectivity index is 3.37. The zero-order valence-electron chi connectivity index (χ0n) is 6.54. The van der Waals surface area contributed by atoms with Gasteiger partial charge in [0, 0.05) is 3.57 Å². The lowest BCUT2D eigenvalue weighted by Gasteiger charge is -2.10. The summed E-state index contributed by atoms with van der Waals surface area (Å²) >= 11 is 7.31. The highest BCUT2D eigenvalue weighted by molar-refractivity contribution is 14.1. The molecule has 0 heterocycles. The van der Waals surface area contributed by atoms with Crippen LogP contribution >= 0.6 is 34.2 Å². The van der Waals surface area contributed by atoms with Crippen molar-refractivity contribution in [3.63, 3.8) is 0 Å². The SMILES string of the molecule is Cc1cc(I)c(Cl)c(C(F)(F)F)c1. The van der Waals surface area contributed by atoms with Crippen LogP contribution < -0.4 is 0 Å². The molecule has 0 aliphatic heterocycles. The fraction of sp³-hybridized carbons (Fsp3) is 0.250. The average molecular weight is 320 g/mol. The van der Waals surface area contributed by atoms with Crippen molar-refractivity contribution in [2.45, 2.75) is 13.1 Å². The second kappa shape index (κ2) is 3.65. The lowest BCUT2D eigenvalue weighted by molar-refractivity contribution is -0.137. The molecule has 13 heavy (non-hydrogen) atoms. The second-order valence-electron chi connectivity index (χ2n) is 2.61. The van der Waals surface area contributed by atoms with E-state index >= 15 is 0 Å². The van der Waals surface area contributed by atoms with E-state index in [4.69, 9.17) is 11.6 Å². The van der Waals surface area contributed by atoms with E-state index in [1.807, 2.05) is 0 Å². The van der Waals surface area contributed by atoms with Crippen LogP contribution in [0.1, 0.15) is 11.1 Å². The molecule has 0 aromatic heterocycles. The van der Waals surface area contributed by atoms with E-state index in [0.717, 1.165) is 6.07 Å². The highest BCUT2D eigenvalue weighted by Gasteiger charge is 2.33. The van der Waals surface area contributed by atoms with Gasteiger partial charge in [0.1, 0.15) is 0 Å². The summed E-state index contributed by atoms with van der Waals surface area (Å²) in [6.45, 7) is 1.60. The normalized spacial score (nSPS) is 11.8. The molecule has 1 rings (SSSR count). The molecule has 72 valence electrons. The molecule has 0 saturated heterocycles. The number of aryl methyl sites for hydroxylation is 1. The lowest BCUT2D eigenvalue weighted by Crippen LogP contribution is -2.07. The second-order valence-corrected chi connectivity index (χ2v) is 4.15. The van der Waals surface area contributed by atoms with E-state index in [-0.39, 0.29) is 5.02 Å². The van der Waals surface area contributed by atoms with Crippen molar-refractivity contribution in [2.75, 3.05) is 0 Å². The van der Waals surface area contributed by atoms with Crippen molar-refractivity contribution in [1.82, 2.24) is 0 Å². The molecule has 0 radical (unpaired) electrons. The Labute approximate surface area is 92.2 Å². The molecule has 0 fully saturated rings. The molecule has 0 spiro atoms. The van der Waals surface area contributed by atoms with Crippen LogP contribution in [0.3, 0.4) is 0 Å². The van der Waals surface area contributed by atoms with Crippen molar-refractivity contribution in [3.8, 4) is 0 Å². The first-order valence-corrected chi connectivity index (χ1v) is 4.81.